The molecule has 4 aromatic rings. The van der Waals surface area contributed by atoms with Crippen LogP contribution in [0.1, 0.15) is 54.1 Å². The highest BCUT2D eigenvalue weighted by atomic mass is 32.1. The molecule has 7 nitrogen and oxygen atoms in total. The molecule has 0 bridgehead atoms. The van der Waals surface area contributed by atoms with E-state index in [0.717, 1.165) is 29.7 Å². The maximum Gasteiger partial charge on any atom is 0.224 e. The number of aromatic amines is 1. The number of rotatable bonds is 10. The van der Waals surface area contributed by atoms with E-state index in [1.807, 2.05) is 29.8 Å². The van der Waals surface area contributed by atoms with Gasteiger partial charge >= 0.3 is 0 Å². The third-order valence-corrected chi connectivity index (χ3v) is 6.79. The summed E-state index contributed by atoms with van der Waals surface area (Å²) in [5, 5.41) is 20.1. The maximum atomic E-state index is 15.1. The summed E-state index contributed by atoms with van der Waals surface area (Å²) in [5.41, 5.74) is 3.28. The van der Waals surface area contributed by atoms with Crippen molar-refractivity contribution in [1.29, 1.82) is 0 Å². The van der Waals surface area contributed by atoms with Crippen LogP contribution < -0.4 is 16.0 Å². The lowest BCUT2D eigenvalue weighted by molar-refractivity contribution is -0.120. The molecule has 1 aromatic carbocycles. The SMILES string of the molecule is C[C@H](Nc1nc(Nc2cc(C3CC3)[nH]n2)c(F)cc1CNC(=O)Cc1ccsc1)c1ccc(F)cc1. The molecular formula is C26H26F2N6OS. The first kappa shape index (κ1) is 23.9. The summed E-state index contributed by atoms with van der Waals surface area (Å²) >= 11 is 1.53. The van der Waals surface area contributed by atoms with E-state index in [2.05, 4.69) is 31.1 Å². The van der Waals surface area contributed by atoms with Crippen LogP contribution in [-0.4, -0.2) is 21.1 Å². The fraction of sp³-hybridized carbons (Fsp3) is 0.269. The van der Waals surface area contributed by atoms with E-state index >= 15 is 4.39 Å². The van der Waals surface area contributed by atoms with Crippen LogP contribution in [0.25, 0.3) is 0 Å². The predicted octanol–water partition coefficient (Wildman–Crippen LogP) is 5.80. The van der Waals surface area contributed by atoms with Gasteiger partial charge in [-0.3, -0.25) is 9.89 Å². The van der Waals surface area contributed by atoms with Crippen molar-refractivity contribution in [2.24, 2.45) is 0 Å². The monoisotopic (exact) mass is 508 g/mol. The smallest absolute Gasteiger partial charge is 0.224 e. The van der Waals surface area contributed by atoms with Gasteiger partial charge in [-0.05, 0) is 65.9 Å². The average molecular weight is 509 g/mol. The Kier molecular flexibility index (Phi) is 6.95. The van der Waals surface area contributed by atoms with Gasteiger partial charge in [0.2, 0.25) is 5.91 Å². The summed E-state index contributed by atoms with van der Waals surface area (Å²) in [6.45, 7) is 2.00. The first-order valence-corrected chi connectivity index (χ1v) is 12.7. The number of nitrogens with zero attached hydrogens (tertiary/aromatic N) is 2. The number of carbonyl (C=O) groups excluding carboxylic acids is 1. The van der Waals surface area contributed by atoms with E-state index in [4.69, 9.17) is 0 Å². The van der Waals surface area contributed by atoms with Crippen LogP contribution >= 0.6 is 11.3 Å². The summed E-state index contributed by atoms with van der Waals surface area (Å²) < 4.78 is 28.5. The molecule has 0 radical (unpaired) electrons. The van der Waals surface area contributed by atoms with Gasteiger partial charge in [-0.25, -0.2) is 13.8 Å². The van der Waals surface area contributed by atoms with Crippen molar-refractivity contribution in [2.45, 2.75) is 44.7 Å². The Morgan fingerprint density at radius 3 is 2.69 bits per heavy atom. The van der Waals surface area contributed by atoms with Gasteiger partial charge in [-0.15, -0.1) is 0 Å². The van der Waals surface area contributed by atoms with Crippen LogP contribution in [0, 0.1) is 11.6 Å². The van der Waals surface area contributed by atoms with E-state index in [0.29, 0.717) is 23.1 Å². The Hall–Kier alpha value is -3.79. The second kappa shape index (κ2) is 10.4. The number of H-pyrrole nitrogens is 1. The van der Waals surface area contributed by atoms with Crippen molar-refractivity contribution >= 4 is 34.7 Å². The van der Waals surface area contributed by atoms with E-state index < -0.39 is 5.82 Å². The van der Waals surface area contributed by atoms with Crippen LogP contribution in [-0.2, 0) is 17.8 Å². The number of halogens is 2. The minimum atomic E-state index is -0.562. The molecule has 4 N–H and O–H groups in total. The number of benzene rings is 1. The second-order valence-corrected chi connectivity index (χ2v) is 9.72. The number of carbonyl (C=O) groups is 1. The molecule has 0 spiro atoms. The zero-order chi connectivity index (χ0) is 25.1. The highest BCUT2D eigenvalue weighted by molar-refractivity contribution is 7.08. The zero-order valence-electron chi connectivity index (χ0n) is 19.6. The lowest BCUT2D eigenvalue weighted by Crippen LogP contribution is -2.25. The number of nitrogens with one attached hydrogen (secondary N) is 4. The Balaban J connectivity index is 1.36. The van der Waals surface area contributed by atoms with Crippen molar-refractivity contribution in [3.8, 4) is 0 Å². The summed E-state index contributed by atoms with van der Waals surface area (Å²) in [4.78, 5) is 16.9. The number of pyridine rings is 1. The molecule has 1 aliphatic carbocycles. The van der Waals surface area contributed by atoms with Crippen molar-refractivity contribution < 1.29 is 13.6 Å². The highest BCUT2D eigenvalue weighted by Gasteiger charge is 2.26. The molecule has 36 heavy (non-hydrogen) atoms. The van der Waals surface area contributed by atoms with Gasteiger partial charge in [0.1, 0.15) is 11.6 Å². The molecule has 0 aliphatic heterocycles. The molecule has 3 heterocycles. The van der Waals surface area contributed by atoms with Crippen LogP contribution in [0.15, 0.2) is 53.2 Å². The summed E-state index contributed by atoms with van der Waals surface area (Å²) in [5.74, 6) is 0.342. The number of amides is 1. The minimum absolute atomic E-state index is 0.0194. The van der Waals surface area contributed by atoms with Crippen molar-refractivity contribution in [3.05, 3.63) is 87.2 Å². The van der Waals surface area contributed by atoms with Gasteiger partial charge < -0.3 is 16.0 Å². The number of hydrogen-bond acceptors (Lipinski definition) is 6. The standard InChI is InChI=1S/C26H26F2N6OS/c1-15(17-4-6-20(27)7-5-17)30-25-19(13-29-24(35)10-16-8-9-36-14-16)11-21(28)26(32-25)31-23-12-22(33-34-23)18-2-3-18/h4-9,11-12,14-15,18H,2-3,10,13H2,1H3,(H,29,35)(H3,30,31,32,33,34)/t15-/m0/s1. The number of thiophene rings is 1. The number of aromatic nitrogens is 3. The molecule has 10 heteroatoms. The second-order valence-electron chi connectivity index (χ2n) is 8.94. The van der Waals surface area contributed by atoms with Crippen LogP contribution in [0.4, 0.5) is 26.2 Å². The number of hydrogen-bond donors (Lipinski definition) is 4. The molecule has 1 atom stereocenters. The third kappa shape index (κ3) is 5.88. The summed E-state index contributed by atoms with van der Waals surface area (Å²) in [6, 6.07) is 11.0. The van der Waals surface area contributed by atoms with Crippen molar-refractivity contribution in [1.82, 2.24) is 20.5 Å². The molecule has 0 unspecified atom stereocenters. The molecule has 1 saturated carbocycles. The predicted molar refractivity (Wildman–Crippen MR) is 136 cm³/mol. The molecule has 3 aromatic heterocycles. The van der Waals surface area contributed by atoms with Gasteiger partial charge in [0, 0.05) is 35.8 Å². The third-order valence-electron chi connectivity index (χ3n) is 6.06. The largest absolute Gasteiger partial charge is 0.363 e. The molecular weight excluding hydrogens is 482 g/mol. The van der Waals surface area contributed by atoms with Gasteiger partial charge in [-0.2, -0.15) is 16.4 Å². The average Bonchev–Trinajstić information content (AvgIpc) is 3.38. The molecule has 1 aliphatic rings. The molecule has 1 fully saturated rings. The lowest BCUT2D eigenvalue weighted by atomic mass is 10.1. The quantitative estimate of drug-likeness (QED) is 0.217. The normalized spacial score (nSPS) is 13.9. The fourth-order valence-electron chi connectivity index (χ4n) is 3.87. The number of anilines is 3. The first-order valence-electron chi connectivity index (χ1n) is 11.8. The zero-order valence-corrected chi connectivity index (χ0v) is 20.5. The Bertz CT molecular complexity index is 1340. The maximum absolute atomic E-state index is 15.1. The Morgan fingerprint density at radius 1 is 1.17 bits per heavy atom. The minimum Gasteiger partial charge on any atom is -0.363 e. The Labute approximate surface area is 211 Å². The van der Waals surface area contributed by atoms with E-state index in [9.17, 15) is 9.18 Å². The van der Waals surface area contributed by atoms with Gasteiger partial charge in [-0.1, -0.05) is 12.1 Å². The van der Waals surface area contributed by atoms with Crippen molar-refractivity contribution in [2.75, 3.05) is 10.6 Å². The summed E-state index contributed by atoms with van der Waals surface area (Å²) in [7, 11) is 0. The van der Waals surface area contributed by atoms with Gasteiger partial charge in [0.25, 0.3) is 0 Å². The van der Waals surface area contributed by atoms with Crippen LogP contribution in [0.5, 0.6) is 0 Å². The molecule has 0 saturated heterocycles. The molecule has 5 rings (SSSR count). The van der Waals surface area contributed by atoms with E-state index in [1.54, 1.807) is 12.1 Å². The van der Waals surface area contributed by atoms with Gasteiger partial charge in [0.15, 0.2) is 17.5 Å². The fourth-order valence-corrected chi connectivity index (χ4v) is 4.54. The van der Waals surface area contributed by atoms with Gasteiger partial charge in [0.05, 0.1) is 6.42 Å². The topological polar surface area (TPSA) is 94.7 Å². The first-order chi connectivity index (χ1) is 17.4. The summed E-state index contributed by atoms with van der Waals surface area (Å²) in [6.07, 6.45) is 2.49. The Morgan fingerprint density at radius 2 is 1.97 bits per heavy atom. The molecule has 186 valence electrons. The van der Waals surface area contributed by atoms with E-state index in [-0.39, 0.29) is 36.5 Å². The van der Waals surface area contributed by atoms with Crippen LogP contribution in [0.2, 0.25) is 0 Å². The lowest BCUT2D eigenvalue weighted by Gasteiger charge is -2.19. The highest BCUT2D eigenvalue weighted by Crippen LogP contribution is 2.39. The van der Waals surface area contributed by atoms with Crippen LogP contribution in [0.3, 0.4) is 0 Å². The molecule has 1 amide bonds. The van der Waals surface area contributed by atoms with Crippen molar-refractivity contribution in [3.63, 3.8) is 0 Å². The van der Waals surface area contributed by atoms with E-state index in [1.165, 1.54) is 29.5 Å².